The van der Waals surface area contributed by atoms with E-state index < -0.39 is 0 Å². The first kappa shape index (κ1) is 18.2. The summed E-state index contributed by atoms with van der Waals surface area (Å²) in [6.45, 7) is 0.657. The average molecular weight is 362 g/mol. The lowest BCUT2D eigenvalue weighted by molar-refractivity contribution is -0.118. The van der Waals surface area contributed by atoms with E-state index in [9.17, 15) is 4.79 Å². The van der Waals surface area contributed by atoms with Gasteiger partial charge in [0.15, 0.2) is 0 Å². The average Bonchev–Trinajstić information content (AvgIpc) is 2.72. The molecule has 0 radical (unpaired) electrons. The zero-order chi connectivity index (χ0) is 18.0. The highest BCUT2D eigenvalue weighted by Crippen LogP contribution is 2.27. The highest BCUT2D eigenvalue weighted by Gasteiger charge is 2.14. The zero-order valence-electron chi connectivity index (χ0n) is 14.5. The lowest BCUT2D eigenvalue weighted by Crippen LogP contribution is -2.27. The van der Waals surface area contributed by atoms with E-state index in [2.05, 4.69) is 58.8 Å². The molecule has 26 heavy (non-hydrogen) atoms. The van der Waals surface area contributed by atoms with E-state index in [0.717, 1.165) is 11.3 Å². The Morgan fingerprint density at radius 3 is 2.04 bits per heavy atom. The standard InChI is InChI=1S/C22H22N2OS/c25-22(17-26-20-11-14-23-15-12-20)24-16-13-21(18-7-3-1-4-8-18)19-9-5-2-6-10-19/h1-12,14-15,21H,13,16-17H2,(H,24,25). The van der Waals surface area contributed by atoms with Gasteiger partial charge in [-0.2, -0.15) is 0 Å². The van der Waals surface area contributed by atoms with Crippen LogP contribution in [0.25, 0.3) is 0 Å². The molecule has 0 atom stereocenters. The molecule has 0 fully saturated rings. The highest BCUT2D eigenvalue weighted by atomic mass is 32.2. The summed E-state index contributed by atoms with van der Waals surface area (Å²) in [5, 5.41) is 3.05. The molecule has 132 valence electrons. The molecule has 0 bridgehead atoms. The maximum absolute atomic E-state index is 12.1. The molecular formula is C22H22N2OS. The third kappa shape index (κ3) is 5.46. The number of benzene rings is 2. The number of rotatable bonds is 8. The van der Waals surface area contributed by atoms with Crippen LogP contribution in [-0.4, -0.2) is 23.2 Å². The first-order valence-corrected chi connectivity index (χ1v) is 9.71. The van der Waals surface area contributed by atoms with Crippen molar-refractivity contribution in [3.63, 3.8) is 0 Å². The van der Waals surface area contributed by atoms with Crippen LogP contribution in [0.4, 0.5) is 0 Å². The number of hydrogen-bond donors (Lipinski definition) is 1. The van der Waals surface area contributed by atoms with Crippen molar-refractivity contribution in [3.05, 3.63) is 96.3 Å². The van der Waals surface area contributed by atoms with Gasteiger partial charge in [-0.3, -0.25) is 9.78 Å². The van der Waals surface area contributed by atoms with Crippen molar-refractivity contribution < 1.29 is 4.79 Å². The van der Waals surface area contributed by atoms with Crippen LogP contribution in [0.15, 0.2) is 90.1 Å². The van der Waals surface area contributed by atoms with E-state index in [1.807, 2.05) is 24.3 Å². The smallest absolute Gasteiger partial charge is 0.230 e. The predicted molar refractivity (Wildman–Crippen MR) is 107 cm³/mol. The van der Waals surface area contributed by atoms with Crippen LogP contribution in [0.5, 0.6) is 0 Å². The van der Waals surface area contributed by atoms with Crippen molar-refractivity contribution in [2.24, 2.45) is 0 Å². The Hall–Kier alpha value is -2.59. The summed E-state index contributed by atoms with van der Waals surface area (Å²) < 4.78 is 0. The molecule has 0 spiro atoms. The Morgan fingerprint density at radius 1 is 0.885 bits per heavy atom. The Morgan fingerprint density at radius 2 is 1.46 bits per heavy atom. The second-order valence-corrected chi connectivity index (χ2v) is 7.03. The molecule has 1 aromatic heterocycles. The van der Waals surface area contributed by atoms with Gasteiger partial charge in [-0.1, -0.05) is 60.7 Å². The van der Waals surface area contributed by atoms with Crippen LogP contribution in [0, 0.1) is 0 Å². The highest BCUT2D eigenvalue weighted by molar-refractivity contribution is 8.00. The number of carbonyl (C=O) groups is 1. The number of hydrogen-bond acceptors (Lipinski definition) is 3. The van der Waals surface area contributed by atoms with Crippen LogP contribution in [0.3, 0.4) is 0 Å². The molecular weight excluding hydrogens is 340 g/mol. The van der Waals surface area contributed by atoms with Crippen molar-refractivity contribution in [1.82, 2.24) is 10.3 Å². The van der Waals surface area contributed by atoms with E-state index >= 15 is 0 Å². The third-order valence-electron chi connectivity index (χ3n) is 4.18. The van der Waals surface area contributed by atoms with Crippen molar-refractivity contribution in [2.45, 2.75) is 17.2 Å². The van der Waals surface area contributed by atoms with Gasteiger partial charge in [0.25, 0.3) is 0 Å². The molecule has 0 unspecified atom stereocenters. The van der Waals surface area contributed by atoms with Crippen molar-refractivity contribution in [3.8, 4) is 0 Å². The monoisotopic (exact) mass is 362 g/mol. The summed E-state index contributed by atoms with van der Waals surface area (Å²) in [5.41, 5.74) is 2.55. The summed E-state index contributed by atoms with van der Waals surface area (Å²) in [5.74, 6) is 0.767. The molecule has 0 saturated carbocycles. The maximum atomic E-state index is 12.1. The lowest BCUT2D eigenvalue weighted by Gasteiger charge is -2.18. The van der Waals surface area contributed by atoms with E-state index in [1.54, 1.807) is 12.4 Å². The molecule has 0 aliphatic carbocycles. The number of carbonyl (C=O) groups excluding carboxylic acids is 1. The summed E-state index contributed by atoms with van der Waals surface area (Å²) in [6.07, 6.45) is 4.36. The van der Waals surface area contributed by atoms with Gasteiger partial charge in [-0.25, -0.2) is 0 Å². The SMILES string of the molecule is O=C(CSc1ccncc1)NCCC(c1ccccc1)c1ccccc1. The first-order chi connectivity index (χ1) is 12.8. The molecule has 0 aliphatic rings. The maximum Gasteiger partial charge on any atom is 0.230 e. The largest absolute Gasteiger partial charge is 0.355 e. The fraction of sp³-hybridized carbons (Fsp3) is 0.182. The fourth-order valence-corrected chi connectivity index (χ4v) is 3.60. The Labute approximate surface area is 158 Å². The normalized spacial score (nSPS) is 10.7. The van der Waals surface area contributed by atoms with Crippen molar-refractivity contribution in [2.75, 3.05) is 12.3 Å². The summed E-state index contributed by atoms with van der Waals surface area (Å²) in [6, 6.07) is 24.8. The van der Waals surface area contributed by atoms with E-state index in [0.29, 0.717) is 12.3 Å². The topological polar surface area (TPSA) is 42.0 Å². The van der Waals surface area contributed by atoms with Gasteiger partial charge in [0, 0.05) is 29.8 Å². The Kier molecular flexibility index (Phi) is 6.85. The van der Waals surface area contributed by atoms with Gasteiger partial charge in [-0.05, 0) is 29.7 Å². The molecule has 3 nitrogen and oxygen atoms in total. The number of pyridine rings is 1. The Balaban J connectivity index is 1.54. The second-order valence-electron chi connectivity index (χ2n) is 5.98. The van der Waals surface area contributed by atoms with Crippen LogP contribution in [0.1, 0.15) is 23.5 Å². The molecule has 4 heteroatoms. The zero-order valence-corrected chi connectivity index (χ0v) is 15.4. The molecule has 0 aliphatic heterocycles. The minimum absolute atomic E-state index is 0.0617. The Bertz CT molecular complexity index is 755. The van der Waals surface area contributed by atoms with Crippen LogP contribution >= 0.6 is 11.8 Å². The first-order valence-electron chi connectivity index (χ1n) is 8.72. The third-order valence-corrected chi connectivity index (χ3v) is 5.19. The lowest BCUT2D eigenvalue weighted by atomic mass is 9.88. The number of nitrogens with one attached hydrogen (secondary N) is 1. The molecule has 1 amide bonds. The van der Waals surface area contributed by atoms with Crippen molar-refractivity contribution >= 4 is 17.7 Å². The summed E-state index contributed by atoms with van der Waals surface area (Å²) in [4.78, 5) is 17.2. The number of nitrogens with zero attached hydrogens (tertiary/aromatic N) is 1. The van der Waals surface area contributed by atoms with Gasteiger partial charge in [-0.15, -0.1) is 11.8 Å². The number of amides is 1. The molecule has 3 aromatic rings. The van der Waals surface area contributed by atoms with Gasteiger partial charge < -0.3 is 5.32 Å². The fourth-order valence-electron chi connectivity index (χ4n) is 2.89. The van der Waals surface area contributed by atoms with Crippen LogP contribution in [0.2, 0.25) is 0 Å². The van der Waals surface area contributed by atoms with Gasteiger partial charge in [0.05, 0.1) is 5.75 Å². The van der Waals surface area contributed by atoms with Crippen LogP contribution < -0.4 is 5.32 Å². The summed E-state index contributed by atoms with van der Waals surface area (Å²) in [7, 11) is 0. The minimum Gasteiger partial charge on any atom is -0.355 e. The van der Waals surface area contributed by atoms with Gasteiger partial charge in [0.2, 0.25) is 5.91 Å². The van der Waals surface area contributed by atoms with E-state index in [-0.39, 0.29) is 11.8 Å². The molecule has 0 saturated heterocycles. The van der Waals surface area contributed by atoms with E-state index in [1.165, 1.54) is 22.9 Å². The molecule has 3 rings (SSSR count). The quantitative estimate of drug-likeness (QED) is 0.600. The van der Waals surface area contributed by atoms with E-state index in [4.69, 9.17) is 0 Å². The number of thioether (sulfide) groups is 1. The second kappa shape index (κ2) is 9.78. The van der Waals surface area contributed by atoms with Gasteiger partial charge >= 0.3 is 0 Å². The molecule has 1 N–H and O–H groups in total. The minimum atomic E-state index is 0.0617. The van der Waals surface area contributed by atoms with Crippen molar-refractivity contribution in [1.29, 1.82) is 0 Å². The molecule has 2 aromatic carbocycles. The number of aromatic nitrogens is 1. The molecule has 1 heterocycles. The van der Waals surface area contributed by atoms with Crippen LogP contribution in [-0.2, 0) is 4.79 Å². The predicted octanol–water partition coefficient (Wildman–Crippen LogP) is 4.51. The summed E-state index contributed by atoms with van der Waals surface area (Å²) >= 11 is 1.53. The van der Waals surface area contributed by atoms with Gasteiger partial charge in [0.1, 0.15) is 0 Å².